The summed E-state index contributed by atoms with van der Waals surface area (Å²) in [6, 6.07) is 8.38. The molecule has 1 aliphatic rings. The van der Waals surface area contributed by atoms with E-state index < -0.39 is 0 Å². The van der Waals surface area contributed by atoms with Crippen LogP contribution in [-0.4, -0.2) is 51.9 Å². The molecule has 0 aliphatic carbocycles. The molecule has 3 aromatic rings. The summed E-state index contributed by atoms with van der Waals surface area (Å²) >= 11 is 1.43. The average Bonchev–Trinajstić information content (AvgIpc) is 3.14. The second kappa shape index (κ2) is 8.74. The van der Waals surface area contributed by atoms with Crippen LogP contribution in [0.1, 0.15) is 17.1 Å². The number of aryl methyl sites for hydroxylation is 2. The second-order valence-electron chi connectivity index (χ2n) is 7.26. The number of thiazole rings is 1. The fourth-order valence-electron chi connectivity index (χ4n) is 3.46. The van der Waals surface area contributed by atoms with Gasteiger partial charge in [-0.05, 0) is 44.2 Å². The van der Waals surface area contributed by atoms with Crippen LogP contribution in [-0.2, 0) is 11.2 Å². The molecule has 0 unspecified atom stereocenters. The molecule has 3 heterocycles. The molecule has 156 valence electrons. The molecule has 1 amide bonds. The van der Waals surface area contributed by atoms with Gasteiger partial charge in [0.1, 0.15) is 5.82 Å². The Bertz CT molecular complexity index is 1010. The van der Waals surface area contributed by atoms with Crippen molar-refractivity contribution in [1.82, 2.24) is 19.9 Å². The summed E-state index contributed by atoms with van der Waals surface area (Å²) in [5, 5.41) is 5.67. The predicted molar refractivity (Wildman–Crippen MR) is 116 cm³/mol. The number of rotatable bonds is 5. The Morgan fingerprint density at radius 3 is 2.40 bits per heavy atom. The predicted octanol–water partition coefficient (Wildman–Crippen LogP) is 3.32. The number of carbonyl (C=O) groups excluding carboxylic acids is 1. The Kier molecular flexibility index (Phi) is 5.89. The molecule has 0 bridgehead atoms. The van der Waals surface area contributed by atoms with Gasteiger partial charge >= 0.3 is 0 Å². The van der Waals surface area contributed by atoms with E-state index in [1.54, 1.807) is 12.1 Å². The number of carbonyl (C=O) groups is 1. The number of benzene rings is 1. The standard InChI is InChI=1S/C21H23FN6OS/c1-14-11-15(2)24-20(23-14)26-21-25-17(13-30-21)12-19(29)28-9-7-27(8-10-28)18-5-3-16(22)4-6-18/h3-6,11,13H,7-10,12H2,1-2H3,(H,23,24,25,26). The van der Waals surface area contributed by atoms with Gasteiger partial charge in [-0.2, -0.15) is 0 Å². The smallest absolute Gasteiger partial charge is 0.229 e. The van der Waals surface area contributed by atoms with Crippen LogP contribution in [0.3, 0.4) is 0 Å². The average molecular weight is 427 g/mol. The number of anilines is 3. The maximum atomic E-state index is 13.1. The Labute approximate surface area is 178 Å². The molecule has 4 rings (SSSR count). The van der Waals surface area contributed by atoms with E-state index in [0.717, 1.165) is 35.9 Å². The van der Waals surface area contributed by atoms with Crippen LogP contribution in [0.25, 0.3) is 0 Å². The van der Waals surface area contributed by atoms with E-state index in [4.69, 9.17) is 0 Å². The van der Waals surface area contributed by atoms with E-state index >= 15 is 0 Å². The van der Waals surface area contributed by atoms with Gasteiger partial charge in [0.15, 0.2) is 5.13 Å². The molecule has 0 spiro atoms. The fourth-order valence-corrected chi connectivity index (χ4v) is 4.16. The third-order valence-electron chi connectivity index (χ3n) is 4.91. The lowest BCUT2D eigenvalue weighted by Gasteiger charge is -2.36. The van der Waals surface area contributed by atoms with Crippen LogP contribution in [0.4, 0.5) is 21.2 Å². The lowest BCUT2D eigenvalue weighted by Crippen LogP contribution is -2.49. The molecule has 1 saturated heterocycles. The number of aromatic nitrogens is 3. The number of nitrogens with zero attached hydrogens (tertiary/aromatic N) is 5. The highest BCUT2D eigenvalue weighted by Gasteiger charge is 2.22. The van der Waals surface area contributed by atoms with Crippen molar-refractivity contribution < 1.29 is 9.18 Å². The monoisotopic (exact) mass is 426 g/mol. The fraction of sp³-hybridized carbons (Fsp3) is 0.333. The van der Waals surface area contributed by atoms with E-state index in [0.29, 0.717) is 24.2 Å². The van der Waals surface area contributed by atoms with Crippen molar-refractivity contribution in [1.29, 1.82) is 0 Å². The van der Waals surface area contributed by atoms with Gasteiger partial charge in [-0.15, -0.1) is 11.3 Å². The Hall–Kier alpha value is -3.07. The van der Waals surface area contributed by atoms with Gasteiger partial charge < -0.3 is 15.1 Å². The quantitative estimate of drug-likeness (QED) is 0.675. The van der Waals surface area contributed by atoms with Crippen LogP contribution < -0.4 is 10.2 Å². The first kappa shape index (κ1) is 20.2. The molecular weight excluding hydrogens is 403 g/mol. The summed E-state index contributed by atoms with van der Waals surface area (Å²) < 4.78 is 13.1. The van der Waals surface area contributed by atoms with Gasteiger partial charge in [-0.1, -0.05) is 0 Å². The first-order valence-corrected chi connectivity index (χ1v) is 10.7. The van der Waals surface area contributed by atoms with Gasteiger partial charge in [0.25, 0.3) is 0 Å². The number of halogens is 1. The largest absolute Gasteiger partial charge is 0.368 e. The van der Waals surface area contributed by atoms with Gasteiger partial charge in [-0.3, -0.25) is 4.79 Å². The van der Waals surface area contributed by atoms with Crippen molar-refractivity contribution in [3.05, 3.63) is 58.6 Å². The van der Waals surface area contributed by atoms with Gasteiger partial charge in [0.2, 0.25) is 11.9 Å². The van der Waals surface area contributed by atoms with Crippen LogP contribution in [0.2, 0.25) is 0 Å². The molecule has 1 aliphatic heterocycles. The zero-order valence-electron chi connectivity index (χ0n) is 16.9. The third kappa shape index (κ3) is 4.91. The number of amides is 1. The van der Waals surface area contributed by atoms with Crippen LogP contribution in [0.15, 0.2) is 35.7 Å². The van der Waals surface area contributed by atoms with Crippen molar-refractivity contribution in [3.63, 3.8) is 0 Å². The van der Waals surface area contributed by atoms with Crippen molar-refractivity contribution in [2.24, 2.45) is 0 Å². The second-order valence-corrected chi connectivity index (χ2v) is 8.12. The third-order valence-corrected chi connectivity index (χ3v) is 5.72. The highest BCUT2D eigenvalue weighted by Crippen LogP contribution is 2.21. The number of nitrogens with one attached hydrogen (secondary N) is 1. The summed E-state index contributed by atoms with van der Waals surface area (Å²) in [4.78, 5) is 29.9. The minimum absolute atomic E-state index is 0.0632. The van der Waals surface area contributed by atoms with E-state index in [2.05, 4.69) is 25.2 Å². The summed E-state index contributed by atoms with van der Waals surface area (Å²) in [6.45, 7) is 6.57. The van der Waals surface area contributed by atoms with E-state index in [-0.39, 0.29) is 18.1 Å². The summed E-state index contributed by atoms with van der Waals surface area (Å²) in [5.74, 6) is 0.332. The molecule has 0 saturated carbocycles. The van der Waals surface area contributed by atoms with Crippen LogP contribution in [0.5, 0.6) is 0 Å². The molecule has 0 atom stereocenters. The minimum atomic E-state index is -0.242. The van der Waals surface area contributed by atoms with E-state index in [1.807, 2.05) is 30.2 Å². The van der Waals surface area contributed by atoms with Crippen LogP contribution >= 0.6 is 11.3 Å². The van der Waals surface area contributed by atoms with E-state index in [9.17, 15) is 9.18 Å². The molecule has 1 N–H and O–H groups in total. The van der Waals surface area contributed by atoms with Crippen molar-refractivity contribution in [2.75, 3.05) is 36.4 Å². The lowest BCUT2D eigenvalue weighted by molar-refractivity contribution is -0.130. The number of piperazine rings is 1. The number of hydrogen-bond acceptors (Lipinski definition) is 7. The van der Waals surface area contributed by atoms with Crippen molar-refractivity contribution >= 4 is 34.0 Å². The topological polar surface area (TPSA) is 74.2 Å². The highest BCUT2D eigenvalue weighted by molar-refractivity contribution is 7.13. The maximum absolute atomic E-state index is 13.1. The van der Waals surface area contributed by atoms with Gasteiger partial charge in [-0.25, -0.2) is 19.3 Å². The zero-order chi connectivity index (χ0) is 21.1. The Balaban J connectivity index is 1.31. The summed E-state index contributed by atoms with van der Waals surface area (Å²) in [7, 11) is 0. The maximum Gasteiger partial charge on any atom is 0.229 e. The normalized spacial score (nSPS) is 14.1. The van der Waals surface area contributed by atoms with Crippen molar-refractivity contribution in [3.8, 4) is 0 Å². The van der Waals surface area contributed by atoms with Gasteiger partial charge in [0.05, 0.1) is 12.1 Å². The minimum Gasteiger partial charge on any atom is -0.368 e. The van der Waals surface area contributed by atoms with Crippen molar-refractivity contribution in [2.45, 2.75) is 20.3 Å². The summed E-state index contributed by atoms with van der Waals surface area (Å²) in [6.07, 6.45) is 0.266. The first-order valence-electron chi connectivity index (χ1n) is 9.78. The molecule has 0 radical (unpaired) electrons. The molecular formula is C21H23FN6OS. The Morgan fingerprint density at radius 1 is 1.07 bits per heavy atom. The highest BCUT2D eigenvalue weighted by atomic mass is 32.1. The molecule has 1 fully saturated rings. The Morgan fingerprint density at radius 2 is 1.73 bits per heavy atom. The summed E-state index contributed by atoms with van der Waals surface area (Å²) in [5.41, 5.74) is 3.48. The lowest BCUT2D eigenvalue weighted by atomic mass is 10.2. The number of hydrogen-bond donors (Lipinski definition) is 1. The van der Waals surface area contributed by atoms with E-state index in [1.165, 1.54) is 23.5 Å². The van der Waals surface area contributed by atoms with Gasteiger partial charge in [0, 0.05) is 48.6 Å². The van der Waals surface area contributed by atoms with Crippen LogP contribution in [0, 0.1) is 19.7 Å². The molecule has 2 aromatic heterocycles. The molecule has 30 heavy (non-hydrogen) atoms. The molecule has 7 nitrogen and oxygen atoms in total. The molecule has 1 aromatic carbocycles. The SMILES string of the molecule is Cc1cc(C)nc(Nc2nc(CC(=O)N3CCN(c4ccc(F)cc4)CC3)cs2)n1. The molecule has 9 heteroatoms. The first-order chi connectivity index (χ1) is 14.5. The zero-order valence-corrected chi connectivity index (χ0v) is 17.7.